The maximum atomic E-state index is 12.9. The quantitative estimate of drug-likeness (QED) is 0.0377. The van der Waals surface area contributed by atoms with Gasteiger partial charge in [-0.2, -0.15) is 0 Å². The molecule has 56 heavy (non-hydrogen) atoms. The van der Waals surface area contributed by atoms with Crippen molar-refractivity contribution >= 4 is 35.1 Å². The first-order valence-electron chi connectivity index (χ1n) is 19.2. The van der Waals surface area contributed by atoms with Crippen LogP contribution >= 0.6 is 23.2 Å². The molecule has 4 aromatic rings. The van der Waals surface area contributed by atoms with Gasteiger partial charge in [-0.1, -0.05) is 71.7 Å². The fourth-order valence-electron chi connectivity index (χ4n) is 5.79. The maximum absolute atomic E-state index is 12.9. The molecule has 4 rings (SSSR count). The first-order valence-corrected chi connectivity index (χ1v) is 19.9. The second-order valence-corrected chi connectivity index (χ2v) is 13.9. The maximum Gasteiger partial charge on any atom is 0.417 e. The van der Waals surface area contributed by atoms with Crippen molar-refractivity contribution in [2.24, 2.45) is 0 Å². The molecule has 0 radical (unpaired) electrons. The molecule has 0 heterocycles. The normalized spacial score (nSPS) is 12.1. The van der Waals surface area contributed by atoms with Gasteiger partial charge in [0.2, 0.25) is 0 Å². The molecule has 0 bridgehead atoms. The Morgan fingerprint density at radius 2 is 0.982 bits per heavy atom. The number of nitrogens with one attached hydrogen (secondary N) is 2. The van der Waals surface area contributed by atoms with Crippen molar-refractivity contribution in [1.29, 1.82) is 0 Å². The highest BCUT2D eigenvalue weighted by atomic mass is 35.5. The van der Waals surface area contributed by atoms with E-state index in [4.69, 9.17) is 51.6 Å². The number of carbonyl (C=O) groups is 2. The highest BCUT2D eigenvalue weighted by Gasteiger charge is 2.23. The number of carbonyl (C=O) groups excluding carboxylic acids is 2. The Labute approximate surface area is 341 Å². The largest absolute Gasteiger partial charge is 0.491 e. The van der Waals surface area contributed by atoms with E-state index >= 15 is 0 Å². The number of ether oxygens (including phenoxy) is 6. The SMILES string of the molecule is CCOCCOc1ccc(CCNCC(COC(=O)C(=O)OCC(CNCCc2ccc(OCCOCC)cc2)c2cccc(Cl)c2)c2cccc(Cl)c2)cc1. The molecule has 10 nitrogen and oxygen atoms in total. The third kappa shape index (κ3) is 16.9. The zero-order valence-corrected chi connectivity index (χ0v) is 33.8. The molecule has 4 aromatic carbocycles. The van der Waals surface area contributed by atoms with Crippen LogP contribution < -0.4 is 20.1 Å². The van der Waals surface area contributed by atoms with Gasteiger partial charge < -0.3 is 39.1 Å². The Kier molecular flexibility index (Phi) is 20.6. The van der Waals surface area contributed by atoms with Crippen LogP contribution in [0.15, 0.2) is 97.1 Å². The van der Waals surface area contributed by atoms with E-state index in [2.05, 4.69) is 10.6 Å². The number of esters is 2. The van der Waals surface area contributed by atoms with Gasteiger partial charge in [0.25, 0.3) is 0 Å². The molecular weight excluding hydrogens is 755 g/mol. The Morgan fingerprint density at radius 1 is 0.571 bits per heavy atom. The zero-order valence-electron chi connectivity index (χ0n) is 32.3. The molecule has 0 aromatic heterocycles. The summed E-state index contributed by atoms with van der Waals surface area (Å²) >= 11 is 12.6. The Bertz CT molecular complexity index is 1600. The lowest BCUT2D eigenvalue weighted by molar-refractivity contribution is -0.168. The molecule has 2 unspecified atom stereocenters. The minimum atomic E-state index is -1.05. The van der Waals surface area contributed by atoms with Crippen LogP contribution in [0.4, 0.5) is 0 Å². The summed E-state index contributed by atoms with van der Waals surface area (Å²) in [6.07, 6.45) is 1.57. The molecule has 0 aliphatic carbocycles. The zero-order chi connectivity index (χ0) is 39.8. The fraction of sp³-hybridized carbons (Fsp3) is 0.409. The fourth-order valence-corrected chi connectivity index (χ4v) is 6.18. The van der Waals surface area contributed by atoms with E-state index in [0.717, 1.165) is 46.6 Å². The molecule has 0 aliphatic rings. The first-order chi connectivity index (χ1) is 27.3. The Hall–Kier alpha value is -4.16. The van der Waals surface area contributed by atoms with Gasteiger partial charge >= 0.3 is 11.9 Å². The van der Waals surface area contributed by atoms with Crippen molar-refractivity contribution < 1.29 is 38.0 Å². The van der Waals surface area contributed by atoms with E-state index in [1.807, 2.05) is 98.8 Å². The smallest absolute Gasteiger partial charge is 0.417 e. The van der Waals surface area contributed by atoms with Crippen molar-refractivity contribution in [3.8, 4) is 11.5 Å². The van der Waals surface area contributed by atoms with Crippen molar-refractivity contribution in [1.82, 2.24) is 10.6 Å². The predicted molar refractivity (Wildman–Crippen MR) is 220 cm³/mol. The van der Waals surface area contributed by atoms with Gasteiger partial charge in [-0.3, -0.25) is 0 Å². The molecule has 0 fully saturated rings. The molecule has 0 saturated heterocycles. The lowest BCUT2D eigenvalue weighted by Crippen LogP contribution is -2.31. The van der Waals surface area contributed by atoms with Crippen LogP contribution in [-0.4, -0.2) is 91.0 Å². The third-order valence-electron chi connectivity index (χ3n) is 8.85. The van der Waals surface area contributed by atoms with Gasteiger partial charge in [-0.25, -0.2) is 9.59 Å². The Balaban J connectivity index is 1.24. The van der Waals surface area contributed by atoms with E-state index in [1.54, 1.807) is 12.1 Å². The minimum Gasteiger partial charge on any atom is -0.491 e. The second-order valence-electron chi connectivity index (χ2n) is 13.0. The average Bonchev–Trinajstić information content (AvgIpc) is 3.21. The molecule has 2 N–H and O–H groups in total. The van der Waals surface area contributed by atoms with Gasteiger partial charge in [0.05, 0.1) is 26.4 Å². The summed E-state index contributed by atoms with van der Waals surface area (Å²) in [5.41, 5.74) is 4.07. The molecule has 0 saturated carbocycles. The lowest BCUT2D eigenvalue weighted by Gasteiger charge is -2.20. The molecular formula is C44H54Cl2N2O8. The van der Waals surface area contributed by atoms with Crippen LogP contribution in [0.5, 0.6) is 11.5 Å². The second kappa shape index (κ2) is 25.9. The predicted octanol–water partition coefficient (Wildman–Crippen LogP) is 7.44. The van der Waals surface area contributed by atoms with E-state index < -0.39 is 11.9 Å². The van der Waals surface area contributed by atoms with Crippen molar-refractivity contribution in [3.63, 3.8) is 0 Å². The van der Waals surface area contributed by atoms with Crippen LogP contribution in [0, 0.1) is 0 Å². The molecule has 302 valence electrons. The molecule has 0 spiro atoms. The number of benzene rings is 4. The van der Waals surface area contributed by atoms with Crippen molar-refractivity contribution in [3.05, 3.63) is 129 Å². The first kappa shape index (κ1) is 44.6. The number of hydrogen-bond acceptors (Lipinski definition) is 10. The number of halogens is 2. The summed E-state index contributed by atoms with van der Waals surface area (Å²) in [6.45, 7) is 9.67. The number of rotatable bonds is 26. The number of hydrogen-bond donors (Lipinski definition) is 2. The van der Waals surface area contributed by atoms with Gasteiger partial charge in [0, 0.05) is 48.2 Å². The minimum absolute atomic E-state index is 0.0330. The van der Waals surface area contributed by atoms with E-state index in [1.165, 1.54) is 0 Å². The van der Waals surface area contributed by atoms with Gasteiger partial charge in [-0.05, 0) is 111 Å². The van der Waals surface area contributed by atoms with Crippen molar-refractivity contribution in [2.75, 3.05) is 79.0 Å². The third-order valence-corrected chi connectivity index (χ3v) is 9.32. The summed E-state index contributed by atoms with van der Waals surface area (Å²) in [6, 6.07) is 30.7. The molecule has 0 amide bonds. The highest BCUT2D eigenvalue weighted by Crippen LogP contribution is 2.22. The van der Waals surface area contributed by atoms with E-state index in [9.17, 15) is 9.59 Å². The van der Waals surface area contributed by atoms with Crippen LogP contribution in [0.2, 0.25) is 10.0 Å². The van der Waals surface area contributed by atoms with Crippen LogP contribution in [0.25, 0.3) is 0 Å². The monoisotopic (exact) mass is 808 g/mol. The average molecular weight is 810 g/mol. The van der Waals surface area contributed by atoms with Crippen LogP contribution in [-0.2, 0) is 41.4 Å². The van der Waals surface area contributed by atoms with Gasteiger partial charge in [0.15, 0.2) is 0 Å². The Morgan fingerprint density at radius 3 is 1.36 bits per heavy atom. The van der Waals surface area contributed by atoms with E-state index in [0.29, 0.717) is 75.9 Å². The summed E-state index contributed by atoms with van der Waals surface area (Å²) in [5, 5.41) is 8.04. The summed E-state index contributed by atoms with van der Waals surface area (Å²) in [7, 11) is 0. The lowest BCUT2D eigenvalue weighted by atomic mass is 9.99. The van der Waals surface area contributed by atoms with Crippen LogP contribution in [0.1, 0.15) is 47.9 Å². The standard InChI is InChI=1S/C44H54Cl2N2O8/c1-3-51-23-25-53-41-15-11-33(12-16-41)19-21-47-29-37(35-7-5-9-39(45)27-35)31-55-43(49)44(50)56-32-38(36-8-6-10-40(46)28-36)30-48-22-20-34-13-17-42(18-14-34)54-26-24-52-4-2/h5-18,27-28,37-38,47-48H,3-4,19-26,29-32H2,1-2H3. The van der Waals surface area contributed by atoms with Crippen LogP contribution in [0.3, 0.4) is 0 Å². The highest BCUT2D eigenvalue weighted by molar-refractivity contribution is 6.31. The summed E-state index contributed by atoms with van der Waals surface area (Å²) < 4.78 is 33.1. The summed E-state index contributed by atoms with van der Waals surface area (Å²) in [5.74, 6) is -1.01. The summed E-state index contributed by atoms with van der Waals surface area (Å²) in [4.78, 5) is 25.8. The van der Waals surface area contributed by atoms with Gasteiger partial charge in [0.1, 0.15) is 24.7 Å². The van der Waals surface area contributed by atoms with Crippen molar-refractivity contribution in [2.45, 2.75) is 38.5 Å². The van der Waals surface area contributed by atoms with E-state index in [-0.39, 0.29) is 25.0 Å². The molecule has 12 heteroatoms. The molecule has 2 atom stereocenters. The topological polar surface area (TPSA) is 114 Å². The molecule has 0 aliphatic heterocycles. The van der Waals surface area contributed by atoms with Gasteiger partial charge in [-0.15, -0.1) is 0 Å².